The van der Waals surface area contributed by atoms with Gasteiger partial charge in [0.1, 0.15) is 5.75 Å². The summed E-state index contributed by atoms with van der Waals surface area (Å²) in [4.78, 5) is 24.9. The molecule has 2 heterocycles. The topological polar surface area (TPSA) is 70.6 Å². The van der Waals surface area contributed by atoms with E-state index in [1.165, 1.54) is 0 Å². The molecule has 0 bridgehead atoms. The standard InChI is InChI=1S/C18H23N5O2/c1-2-25-16-7-4-3-6-15(16)21-14-17(24)22-10-12-23(13-11-22)18-19-8-5-9-20-18/h3-9,21H,2,10-14H2,1H3. The molecule has 0 spiro atoms. The van der Waals surface area contributed by atoms with E-state index < -0.39 is 0 Å². The van der Waals surface area contributed by atoms with Gasteiger partial charge in [0.15, 0.2) is 0 Å². The lowest BCUT2D eigenvalue weighted by molar-refractivity contribution is -0.129. The smallest absolute Gasteiger partial charge is 0.241 e. The van der Waals surface area contributed by atoms with Crippen LogP contribution in [0, 0.1) is 0 Å². The number of nitrogens with zero attached hydrogens (tertiary/aromatic N) is 4. The average molecular weight is 341 g/mol. The third-order valence-electron chi connectivity index (χ3n) is 4.08. The van der Waals surface area contributed by atoms with Crippen molar-refractivity contribution in [1.29, 1.82) is 0 Å². The number of carbonyl (C=O) groups is 1. The van der Waals surface area contributed by atoms with Gasteiger partial charge < -0.3 is 19.9 Å². The van der Waals surface area contributed by atoms with Crippen LogP contribution in [0.3, 0.4) is 0 Å². The number of benzene rings is 1. The first-order valence-electron chi connectivity index (χ1n) is 8.53. The van der Waals surface area contributed by atoms with Gasteiger partial charge in [0.05, 0.1) is 18.8 Å². The minimum absolute atomic E-state index is 0.0833. The van der Waals surface area contributed by atoms with Crippen molar-refractivity contribution in [3.05, 3.63) is 42.7 Å². The van der Waals surface area contributed by atoms with Crippen molar-refractivity contribution >= 4 is 17.5 Å². The second-order valence-corrected chi connectivity index (χ2v) is 5.70. The quantitative estimate of drug-likeness (QED) is 0.861. The highest BCUT2D eigenvalue weighted by Gasteiger charge is 2.22. The molecule has 1 aromatic heterocycles. The molecule has 1 fully saturated rings. The lowest BCUT2D eigenvalue weighted by Crippen LogP contribution is -2.50. The molecule has 132 valence electrons. The minimum Gasteiger partial charge on any atom is -0.492 e. The highest BCUT2D eigenvalue weighted by molar-refractivity contribution is 5.81. The first kappa shape index (κ1) is 17.0. The third kappa shape index (κ3) is 4.37. The average Bonchev–Trinajstić information content (AvgIpc) is 2.68. The number of hydrogen-bond donors (Lipinski definition) is 1. The minimum atomic E-state index is 0.0833. The molecule has 2 aromatic rings. The monoisotopic (exact) mass is 341 g/mol. The van der Waals surface area contributed by atoms with Crippen LogP contribution in [-0.2, 0) is 4.79 Å². The highest BCUT2D eigenvalue weighted by Crippen LogP contribution is 2.23. The number of amides is 1. The zero-order valence-electron chi connectivity index (χ0n) is 14.4. The van der Waals surface area contributed by atoms with Crippen LogP contribution < -0.4 is 15.0 Å². The van der Waals surface area contributed by atoms with Crippen molar-refractivity contribution in [1.82, 2.24) is 14.9 Å². The van der Waals surface area contributed by atoms with E-state index in [0.717, 1.165) is 30.5 Å². The molecular weight excluding hydrogens is 318 g/mol. The van der Waals surface area contributed by atoms with Gasteiger partial charge in [0.2, 0.25) is 11.9 Å². The molecule has 25 heavy (non-hydrogen) atoms. The van der Waals surface area contributed by atoms with Gasteiger partial charge in [-0.15, -0.1) is 0 Å². The Morgan fingerprint density at radius 2 is 1.84 bits per heavy atom. The predicted molar refractivity (Wildman–Crippen MR) is 96.9 cm³/mol. The van der Waals surface area contributed by atoms with E-state index in [1.807, 2.05) is 36.1 Å². The van der Waals surface area contributed by atoms with Crippen LogP contribution >= 0.6 is 0 Å². The summed E-state index contributed by atoms with van der Waals surface area (Å²) in [5.74, 6) is 1.57. The Balaban J connectivity index is 1.50. The van der Waals surface area contributed by atoms with Crippen LogP contribution in [0.25, 0.3) is 0 Å². The summed E-state index contributed by atoms with van der Waals surface area (Å²) in [5, 5.41) is 3.18. The molecule has 1 aliphatic rings. The summed E-state index contributed by atoms with van der Waals surface area (Å²) < 4.78 is 5.57. The summed E-state index contributed by atoms with van der Waals surface area (Å²) >= 11 is 0. The van der Waals surface area contributed by atoms with Gasteiger partial charge in [-0.2, -0.15) is 0 Å². The van der Waals surface area contributed by atoms with Gasteiger partial charge in [-0.3, -0.25) is 4.79 Å². The van der Waals surface area contributed by atoms with Crippen LogP contribution in [0.4, 0.5) is 11.6 Å². The van der Waals surface area contributed by atoms with Crippen LogP contribution in [0.5, 0.6) is 5.75 Å². The summed E-state index contributed by atoms with van der Waals surface area (Å²) in [6.07, 6.45) is 3.47. The molecule has 1 aliphatic heterocycles. The number of anilines is 2. The van der Waals surface area contributed by atoms with E-state index >= 15 is 0 Å². The fourth-order valence-electron chi connectivity index (χ4n) is 2.79. The zero-order chi connectivity index (χ0) is 17.5. The SMILES string of the molecule is CCOc1ccccc1NCC(=O)N1CCN(c2ncccn2)CC1. The normalized spacial score (nSPS) is 14.3. The van der Waals surface area contributed by atoms with Crippen molar-refractivity contribution in [3.8, 4) is 5.75 Å². The van der Waals surface area contributed by atoms with Crippen molar-refractivity contribution in [2.24, 2.45) is 0 Å². The third-order valence-corrected chi connectivity index (χ3v) is 4.08. The first-order chi connectivity index (χ1) is 12.3. The molecule has 1 aromatic carbocycles. The molecule has 1 saturated heterocycles. The predicted octanol–water partition coefficient (Wildman–Crippen LogP) is 1.64. The van der Waals surface area contributed by atoms with Gasteiger partial charge in [-0.1, -0.05) is 12.1 Å². The Morgan fingerprint density at radius 1 is 1.12 bits per heavy atom. The Bertz CT molecular complexity index is 687. The number of hydrogen-bond acceptors (Lipinski definition) is 6. The zero-order valence-corrected chi connectivity index (χ0v) is 14.4. The molecule has 1 N–H and O–H groups in total. The van der Waals surface area contributed by atoms with Crippen LogP contribution in [0.15, 0.2) is 42.7 Å². The maximum atomic E-state index is 12.5. The number of carbonyl (C=O) groups excluding carboxylic acids is 1. The van der Waals surface area contributed by atoms with Crippen molar-refractivity contribution < 1.29 is 9.53 Å². The van der Waals surface area contributed by atoms with Gasteiger partial charge in [0, 0.05) is 38.6 Å². The Labute approximate surface area is 147 Å². The van der Waals surface area contributed by atoms with E-state index in [4.69, 9.17) is 4.74 Å². The molecule has 0 unspecified atom stereocenters. The molecule has 0 aliphatic carbocycles. The lowest BCUT2D eigenvalue weighted by atomic mass is 10.2. The molecule has 0 radical (unpaired) electrons. The van der Waals surface area contributed by atoms with Gasteiger partial charge >= 0.3 is 0 Å². The van der Waals surface area contributed by atoms with Gasteiger partial charge in [0.25, 0.3) is 0 Å². The molecule has 7 heteroatoms. The van der Waals surface area contributed by atoms with Crippen molar-refractivity contribution in [2.45, 2.75) is 6.92 Å². The number of piperazine rings is 1. The second kappa shape index (κ2) is 8.32. The summed E-state index contributed by atoms with van der Waals surface area (Å²) in [6.45, 7) is 5.62. The fraction of sp³-hybridized carbons (Fsp3) is 0.389. The van der Waals surface area contributed by atoms with E-state index in [-0.39, 0.29) is 12.5 Å². The van der Waals surface area contributed by atoms with E-state index in [1.54, 1.807) is 18.5 Å². The molecule has 7 nitrogen and oxygen atoms in total. The molecule has 1 amide bonds. The number of para-hydroxylation sites is 2. The number of nitrogens with one attached hydrogen (secondary N) is 1. The maximum Gasteiger partial charge on any atom is 0.241 e. The van der Waals surface area contributed by atoms with Crippen LogP contribution in [0.2, 0.25) is 0 Å². The highest BCUT2D eigenvalue weighted by atomic mass is 16.5. The van der Waals surface area contributed by atoms with E-state index in [0.29, 0.717) is 19.7 Å². The summed E-state index contributed by atoms with van der Waals surface area (Å²) in [6, 6.07) is 9.46. The molecule has 0 saturated carbocycles. The van der Waals surface area contributed by atoms with Gasteiger partial charge in [-0.05, 0) is 25.1 Å². The van der Waals surface area contributed by atoms with Crippen LogP contribution in [-0.4, -0.2) is 60.1 Å². The van der Waals surface area contributed by atoms with Crippen LogP contribution in [0.1, 0.15) is 6.92 Å². The molecular formula is C18H23N5O2. The molecule has 0 atom stereocenters. The second-order valence-electron chi connectivity index (χ2n) is 5.70. The largest absolute Gasteiger partial charge is 0.492 e. The van der Waals surface area contributed by atoms with E-state index in [9.17, 15) is 4.79 Å². The van der Waals surface area contributed by atoms with Crippen molar-refractivity contribution in [3.63, 3.8) is 0 Å². The Hall–Kier alpha value is -2.83. The first-order valence-corrected chi connectivity index (χ1v) is 8.53. The summed E-state index contributed by atoms with van der Waals surface area (Å²) in [7, 11) is 0. The Morgan fingerprint density at radius 3 is 2.56 bits per heavy atom. The Kier molecular flexibility index (Phi) is 5.66. The number of ether oxygens (including phenoxy) is 1. The maximum absolute atomic E-state index is 12.5. The summed E-state index contributed by atoms with van der Waals surface area (Å²) in [5.41, 5.74) is 0.842. The number of aromatic nitrogens is 2. The van der Waals surface area contributed by atoms with Crippen molar-refractivity contribution in [2.75, 3.05) is 49.5 Å². The van der Waals surface area contributed by atoms with E-state index in [2.05, 4.69) is 20.2 Å². The number of rotatable bonds is 6. The lowest BCUT2D eigenvalue weighted by Gasteiger charge is -2.34. The fourth-order valence-corrected chi connectivity index (χ4v) is 2.79. The van der Waals surface area contributed by atoms with Gasteiger partial charge in [-0.25, -0.2) is 9.97 Å². The molecule has 3 rings (SSSR count).